The predicted octanol–water partition coefficient (Wildman–Crippen LogP) is 2.17. The van der Waals surface area contributed by atoms with Crippen LogP contribution in [0.25, 0.3) is 0 Å². The van der Waals surface area contributed by atoms with E-state index in [1.54, 1.807) is 7.11 Å². The van der Waals surface area contributed by atoms with Crippen LogP contribution in [-0.4, -0.2) is 30.6 Å². The molecule has 2 atom stereocenters. The third-order valence-corrected chi connectivity index (χ3v) is 3.77. The number of carbonyl (C=O) groups excluding carboxylic acids is 1. The summed E-state index contributed by atoms with van der Waals surface area (Å²) in [6.45, 7) is 0.549. The molecule has 21 heavy (non-hydrogen) atoms. The molecule has 0 heterocycles. The van der Waals surface area contributed by atoms with E-state index >= 15 is 0 Å². The van der Waals surface area contributed by atoms with Gasteiger partial charge in [-0.3, -0.25) is 9.59 Å². The lowest BCUT2D eigenvalue weighted by Gasteiger charge is -2.05. The minimum absolute atomic E-state index is 0.0385. The number of aliphatic carboxylic acids is 1. The van der Waals surface area contributed by atoms with Gasteiger partial charge >= 0.3 is 5.97 Å². The molecule has 0 saturated heterocycles. The van der Waals surface area contributed by atoms with Crippen molar-refractivity contribution in [3.63, 3.8) is 0 Å². The van der Waals surface area contributed by atoms with Crippen molar-refractivity contribution in [1.29, 1.82) is 0 Å². The van der Waals surface area contributed by atoms with Crippen LogP contribution in [0.2, 0.25) is 0 Å². The highest BCUT2D eigenvalue weighted by Crippen LogP contribution is 2.48. The zero-order valence-corrected chi connectivity index (χ0v) is 12.2. The number of ether oxygens (including phenoxy) is 1. The Hall–Kier alpha value is -2.04. The van der Waals surface area contributed by atoms with Gasteiger partial charge in [-0.15, -0.1) is 0 Å². The normalized spacial score (nSPS) is 19.9. The standard InChI is InChI=1S/C16H21NO4/c1-21-12-6-4-5-11(9-12)13-10-14(13)16(20)17-8-3-2-7-15(18)19/h4-6,9,13-14H,2-3,7-8,10H2,1H3,(H,17,20)(H,18,19)/t13-,14-/m0/s1. The maximum Gasteiger partial charge on any atom is 0.303 e. The van der Waals surface area contributed by atoms with Gasteiger partial charge in [0.1, 0.15) is 5.75 Å². The van der Waals surface area contributed by atoms with E-state index in [2.05, 4.69) is 5.32 Å². The van der Waals surface area contributed by atoms with Crippen LogP contribution in [0.4, 0.5) is 0 Å². The molecule has 0 radical (unpaired) electrons. The van der Waals surface area contributed by atoms with E-state index in [-0.39, 0.29) is 24.2 Å². The number of hydrogen-bond donors (Lipinski definition) is 2. The SMILES string of the molecule is COc1cccc([C@@H]2C[C@@H]2C(=O)NCCCCC(=O)O)c1. The Labute approximate surface area is 124 Å². The second-order valence-electron chi connectivity index (χ2n) is 5.37. The van der Waals surface area contributed by atoms with E-state index in [0.717, 1.165) is 17.7 Å². The molecule has 5 heteroatoms. The minimum atomic E-state index is -0.790. The lowest BCUT2D eigenvalue weighted by molar-refractivity contribution is -0.137. The van der Waals surface area contributed by atoms with E-state index in [0.29, 0.717) is 19.4 Å². The number of rotatable bonds is 8. The Bertz CT molecular complexity index is 515. The highest BCUT2D eigenvalue weighted by molar-refractivity contribution is 5.82. The van der Waals surface area contributed by atoms with Gasteiger partial charge in [0, 0.05) is 18.9 Å². The van der Waals surface area contributed by atoms with Crippen molar-refractivity contribution in [3.8, 4) is 5.75 Å². The average molecular weight is 291 g/mol. The van der Waals surface area contributed by atoms with Gasteiger partial charge in [0.2, 0.25) is 5.91 Å². The molecule has 2 rings (SSSR count). The molecule has 114 valence electrons. The highest BCUT2D eigenvalue weighted by Gasteiger charge is 2.43. The molecular formula is C16H21NO4. The molecule has 2 N–H and O–H groups in total. The smallest absolute Gasteiger partial charge is 0.303 e. The molecule has 0 aliphatic heterocycles. The Balaban J connectivity index is 1.72. The van der Waals surface area contributed by atoms with Gasteiger partial charge in [0.15, 0.2) is 0 Å². The van der Waals surface area contributed by atoms with Crippen LogP contribution < -0.4 is 10.1 Å². The van der Waals surface area contributed by atoms with Gasteiger partial charge in [-0.1, -0.05) is 12.1 Å². The van der Waals surface area contributed by atoms with Crippen molar-refractivity contribution in [3.05, 3.63) is 29.8 Å². The van der Waals surface area contributed by atoms with Crippen molar-refractivity contribution < 1.29 is 19.4 Å². The van der Waals surface area contributed by atoms with Crippen LogP contribution in [-0.2, 0) is 9.59 Å². The first-order valence-corrected chi connectivity index (χ1v) is 7.25. The average Bonchev–Trinajstić information content (AvgIpc) is 3.27. The van der Waals surface area contributed by atoms with Crippen molar-refractivity contribution >= 4 is 11.9 Å². The lowest BCUT2D eigenvalue weighted by Crippen LogP contribution is -2.26. The number of nitrogens with one attached hydrogen (secondary N) is 1. The fraction of sp³-hybridized carbons (Fsp3) is 0.500. The van der Waals surface area contributed by atoms with Gasteiger partial charge in [-0.05, 0) is 42.9 Å². The number of amides is 1. The Morgan fingerprint density at radius 2 is 2.19 bits per heavy atom. The van der Waals surface area contributed by atoms with Gasteiger partial charge in [0.25, 0.3) is 0 Å². The minimum Gasteiger partial charge on any atom is -0.497 e. The molecule has 0 aromatic heterocycles. The van der Waals surface area contributed by atoms with Crippen molar-refractivity contribution in [1.82, 2.24) is 5.32 Å². The zero-order valence-electron chi connectivity index (χ0n) is 12.2. The molecule has 5 nitrogen and oxygen atoms in total. The summed E-state index contributed by atoms with van der Waals surface area (Å²) >= 11 is 0. The first-order chi connectivity index (χ1) is 10.1. The van der Waals surface area contributed by atoms with Gasteiger partial charge in [-0.25, -0.2) is 0 Å². The monoisotopic (exact) mass is 291 g/mol. The number of carbonyl (C=O) groups is 2. The summed E-state index contributed by atoms with van der Waals surface area (Å²) in [6, 6.07) is 7.83. The van der Waals surface area contributed by atoms with E-state index in [1.807, 2.05) is 24.3 Å². The van der Waals surface area contributed by atoms with Crippen LogP contribution in [0, 0.1) is 5.92 Å². The molecule has 1 amide bonds. The molecule has 1 aliphatic carbocycles. The number of methoxy groups -OCH3 is 1. The van der Waals surface area contributed by atoms with Crippen LogP contribution in [0.1, 0.15) is 37.2 Å². The largest absolute Gasteiger partial charge is 0.497 e. The van der Waals surface area contributed by atoms with Crippen LogP contribution in [0.5, 0.6) is 5.75 Å². The van der Waals surface area contributed by atoms with Crippen molar-refractivity contribution in [2.45, 2.75) is 31.6 Å². The molecule has 1 fully saturated rings. The number of carboxylic acid groups (broad SMARTS) is 1. The van der Waals surface area contributed by atoms with E-state index in [9.17, 15) is 9.59 Å². The second-order valence-corrected chi connectivity index (χ2v) is 5.37. The Morgan fingerprint density at radius 3 is 2.90 bits per heavy atom. The quantitative estimate of drug-likeness (QED) is 0.720. The predicted molar refractivity (Wildman–Crippen MR) is 78.3 cm³/mol. The van der Waals surface area contributed by atoms with E-state index < -0.39 is 5.97 Å². The third kappa shape index (κ3) is 4.48. The maximum atomic E-state index is 12.0. The number of hydrogen-bond acceptors (Lipinski definition) is 3. The number of carboxylic acids is 1. The van der Waals surface area contributed by atoms with Crippen molar-refractivity contribution in [2.75, 3.05) is 13.7 Å². The van der Waals surface area contributed by atoms with Gasteiger partial charge < -0.3 is 15.2 Å². The fourth-order valence-electron chi connectivity index (χ4n) is 2.47. The third-order valence-electron chi connectivity index (χ3n) is 3.77. The van der Waals surface area contributed by atoms with E-state index in [4.69, 9.17) is 9.84 Å². The summed E-state index contributed by atoms with van der Waals surface area (Å²) < 4.78 is 5.19. The first-order valence-electron chi connectivity index (χ1n) is 7.25. The molecule has 1 aromatic carbocycles. The van der Waals surface area contributed by atoms with E-state index in [1.165, 1.54) is 0 Å². The lowest BCUT2D eigenvalue weighted by atomic mass is 10.1. The topological polar surface area (TPSA) is 75.6 Å². The van der Waals surface area contributed by atoms with Crippen LogP contribution in [0.15, 0.2) is 24.3 Å². The Morgan fingerprint density at radius 1 is 1.38 bits per heavy atom. The summed E-state index contributed by atoms with van der Waals surface area (Å²) in [5.74, 6) is 0.405. The highest BCUT2D eigenvalue weighted by atomic mass is 16.5. The molecule has 0 bridgehead atoms. The maximum absolute atomic E-state index is 12.0. The second kappa shape index (κ2) is 7.11. The molecule has 1 saturated carbocycles. The van der Waals surface area contributed by atoms with Gasteiger partial charge in [0.05, 0.1) is 7.11 Å². The van der Waals surface area contributed by atoms with Crippen molar-refractivity contribution in [2.24, 2.45) is 5.92 Å². The molecule has 1 aromatic rings. The zero-order chi connectivity index (χ0) is 15.2. The molecule has 0 spiro atoms. The summed E-state index contributed by atoms with van der Waals surface area (Å²) in [5.41, 5.74) is 1.14. The number of unbranched alkanes of at least 4 members (excludes halogenated alkanes) is 1. The summed E-state index contributed by atoms with van der Waals surface area (Å²) in [4.78, 5) is 22.4. The van der Waals surface area contributed by atoms with Crippen LogP contribution >= 0.6 is 0 Å². The summed E-state index contributed by atoms with van der Waals surface area (Å²) in [6.07, 6.45) is 2.33. The van der Waals surface area contributed by atoms with Gasteiger partial charge in [-0.2, -0.15) is 0 Å². The number of benzene rings is 1. The fourth-order valence-corrected chi connectivity index (χ4v) is 2.47. The Kier molecular flexibility index (Phi) is 5.20. The first kappa shape index (κ1) is 15.4. The summed E-state index contributed by atoms with van der Waals surface area (Å²) in [5, 5.41) is 11.4. The molecular weight excluding hydrogens is 270 g/mol. The molecule has 0 unspecified atom stereocenters. The summed E-state index contributed by atoms with van der Waals surface area (Å²) in [7, 11) is 1.63. The van der Waals surface area contributed by atoms with Crippen LogP contribution in [0.3, 0.4) is 0 Å². The molecule has 1 aliphatic rings.